The minimum Gasteiger partial charge on any atom is -0.303 e. The topological polar surface area (TPSA) is 69.3 Å². The molecule has 0 saturated carbocycles. The summed E-state index contributed by atoms with van der Waals surface area (Å²) in [5, 5.41) is 6.37. The molecule has 0 amide bonds. The largest absolute Gasteiger partial charge is 0.303 e. The molecule has 1 aliphatic rings. The number of H-pyrrole nitrogens is 1. The molecule has 6 nitrogen and oxygen atoms in total. The number of nitrogens with zero attached hydrogens (tertiary/aromatic N) is 3. The highest BCUT2D eigenvalue weighted by Crippen LogP contribution is 2.18. The standard InChI is InChI=1S/C9H16N4O2S/c1-8-7-12(2)5-6-13(8)16(14,15)9-3-4-10-11-9/h3-4,8H,5-7H2,1-2H3,(H,10,11). The molecular weight excluding hydrogens is 228 g/mol. The van der Waals surface area contributed by atoms with Gasteiger partial charge in [-0.15, -0.1) is 0 Å². The van der Waals surface area contributed by atoms with Crippen LogP contribution in [0.25, 0.3) is 0 Å². The lowest BCUT2D eigenvalue weighted by molar-refractivity contribution is 0.170. The summed E-state index contributed by atoms with van der Waals surface area (Å²) in [6.45, 7) is 3.97. The maximum Gasteiger partial charge on any atom is 0.260 e. The van der Waals surface area contributed by atoms with E-state index in [0.29, 0.717) is 6.54 Å². The average molecular weight is 244 g/mol. The van der Waals surface area contributed by atoms with E-state index in [9.17, 15) is 8.42 Å². The third-order valence-corrected chi connectivity index (χ3v) is 4.77. The molecule has 2 rings (SSSR count). The molecule has 1 fully saturated rings. The molecule has 1 unspecified atom stereocenters. The predicted octanol–water partition coefficient (Wildman–Crippen LogP) is -0.266. The molecule has 0 bridgehead atoms. The number of nitrogens with one attached hydrogen (secondary N) is 1. The fourth-order valence-corrected chi connectivity index (χ4v) is 3.51. The van der Waals surface area contributed by atoms with Gasteiger partial charge in [0.05, 0.1) is 6.20 Å². The Hall–Kier alpha value is -0.920. The van der Waals surface area contributed by atoms with Crippen molar-refractivity contribution in [1.29, 1.82) is 0 Å². The van der Waals surface area contributed by atoms with Crippen LogP contribution in [-0.2, 0) is 10.0 Å². The third kappa shape index (κ3) is 1.98. The lowest BCUT2D eigenvalue weighted by atomic mass is 10.2. The quantitative estimate of drug-likeness (QED) is 0.778. The summed E-state index contributed by atoms with van der Waals surface area (Å²) in [6, 6.07) is 1.48. The van der Waals surface area contributed by atoms with E-state index in [-0.39, 0.29) is 11.1 Å². The van der Waals surface area contributed by atoms with Gasteiger partial charge in [-0.1, -0.05) is 0 Å². The van der Waals surface area contributed by atoms with E-state index in [4.69, 9.17) is 0 Å². The Morgan fingerprint density at radius 2 is 2.25 bits per heavy atom. The van der Waals surface area contributed by atoms with Crippen LogP contribution in [0, 0.1) is 0 Å². The van der Waals surface area contributed by atoms with Crippen LogP contribution >= 0.6 is 0 Å². The SMILES string of the molecule is CC1CN(C)CCN1S(=O)(=O)c1ccn[nH]1. The first-order valence-electron chi connectivity index (χ1n) is 5.21. The summed E-state index contributed by atoms with van der Waals surface area (Å²) in [7, 11) is -1.41. The van der Waals surface area contributed by atoms with Crippen LogP contribution in [0.2, 0.25) is 0 Å². The first-order valence-corrected chi connectivity index (χ1v) is 6.65. The molecule has 1 N–H and O–H groups in total. The summed E-state index contributed by atoms with van der Waals surface area (Å²) < 4.78 is 25.9. The van der Waals surface area contributed by atoms with Crippen molar-refractivity contribution < 1.29 is 8.42 Å². The number of sulfonamides is 1. The highest BCUT2D eigenvalue weighted by atomic mass is 32.2. The molecule has 2 heterocycles. The van der Waals surface area contributed by atoms with Gasteiger partial charge in [0.2, 0.25) is 0 Å². The van der Waals surface area contributed by atoms with Gasteiger partial charge < -0.3 is 4.90 Å². The number of piperazine rings is 1. The van der Waals surface area contributed by atoms with Crippen molar-refractivity contribution in [2.24, 2.45) is 0 Å². The molecule has 0 spiro atoms. The number of aromatic nitrogens is 2. The summed E-state index contributed by atoms with van der Waals surface area (Å²) >= 11 is 0. The van der Waals surface area contributed by atoms with Crippen LogP contribution in [0.5, 0.6) is 0 Å². The van der Waals surface area contributed by atoms with Crippen LogP contribution in [0.3, 0.4) is 0 Å². The second-order valence-corrected chi connectivity index (χ2v) is 6.01. The molecule has 1 saturated heterocycles. The molecule has 16 heavy (non-hydrogen) atoms. The molecule has 1 aromatic heterocycles. The van der Waals surface area contributed by atoms with Gasteiger partial charge in [-0.25, -0.2) is 8.42 Å². The van der Waals surface area contributed by atoms with E-state index in [1.807, 2.05) is 14.0 Å². The van der Waals surface area contributed by atoms with E-state index in [2.05, 4.69) is 15.1 Å². The van der Waals surface area contributed by atoms with Crippen LogP contribution in [0.1, 0.15) is 6.92 Å². The Kier molecular flexibility index (Phi) is 3.00. The van der Waals surface area contributed by atoms with Gasteiger partial charge in [-0.3, -0.25) is 5.10 Å². The Balaban J connectivity index is 2.25. The van der Waals surface area contributed by atoms with Crippen LogP contribution in [-0.4, -0.2) is 60.5 Å². The lowest BCUT2D eigenvalue weighted by Gasteiger charge is -2.36. The summed E-state index contributed by atoms with van der Waals surface area (Å²) in [4.78, 5) is 2.13. The number of hydrogen-bond acceptors (Lipinski definition) is 4. The van der Waals surface area contributed by atoms with Crippen molar-refractivity contribution in [3.05, 3.63) is 12.3 Å². The van der Waals surface area contributed by atoms with Crippen molar-refractivity contribution in [3.8, 4) is 0 Å². The smallest absolute Gasteiger partial charge is 0.260 e. The molecule has 1 aromatic rings. The summed E-state index contributed by atoms with van der Waals surface area (Å²) in [5.41, 5.74) is 0. The maximum absolute atomic E-state index is 12.2. The van der Waals surface area contributed by atoms with Crippen molar-refractivity contribution in [2.75, 3.05) is 26.7 Å². The summed E-state index contributed by atoms with van der Waals surface area (Å²) in [5.74, 6) is 0. The normalized spacial score (nSPS) is 24.8. The Morgan fingerprint density at radius 3 is 2.81 bits per heavy atom. The molecule has 0 radical (unpaired) electrons. The number of rotatable bonds is 2. The second-order valence-electron chi connectivity index (χ2n) is 4.15. The molecular formula is C9H16N4O2S. The molecule has 1 atom stereocenters. The van der Waals surface area contributed by atoms with Gasteiger partial charge in [-0.05, 0) is 20.0 Å². The monoisotopic (exact) mass is 244 g/mol. The van der Waals surface area contributed by atoms with Gasteiger partial charge >= 0.3 is 0 Å². The van der Waals surface area contributed by atoms with Crippen molar-refractivity contribution in [1.82, 2.24) is 19.4 Å². The fourth-order valence-electron chi connectivity index (χ4n) is 1.99. The van der Waals surface area contributed by atoms with Crippen LogP contribution in [0.15, 0.2) is 17.3 Å². The molecule has 0 aliphatic carbocycles. The molecule has 1 aliphatic heterocycles. The lowest BCUT2D eigenvalue weighted by Crippen LogP contribution is -2.52. The van der Waals surface area contributed by atoms with Gasteiger partial charge in [-0.2, -0.15) is 9.40 Å². The predicted molar refractivity (Wildman–Crippen MR) is 59.4 cm³/mol. The van der Waals surface area contributed by atoms with Gasteiger partial charge in [0.25, 0.3) is 10.0 Å². The minimum absolute atomic E-state index is 0.00736. The zero-order valence-electron chi connectivity index (χ0n) is 9.42. The number of likely N-dealkylation sites (N-methyl/N-ethyl adjacent to an activating group) is 1. The van der Waals surface area contributed by atoms with E-state index >= 15 is 0 Å². The molecule has 7 heteroatoms. The van der Waals surface area contributed by atoms with Crippen LogP contribution < -0.4 is 0 Å². The van der Waals surface area contributed by atoms with E-state index < -0.39 is 10.0 Å². The highest BCUT2D eigenvalue weighted by molar-refractivity contribution is 7.89. The number of aromatic amines is 1. The maximum atomic E-state index is 12.2. The van der Waals surface area contributed by atoms with Gasteiger partial charge in [0, 0.05) is 25.7 Å². The Bertz CT molecular complexity index is 442. The molecule has 0 aromatic carbocycles. The van der Waals surface area contributed by atoms with Crippen LogP contribution in [0.4, 0.5) is 0 Å². The zero-order chi connectivity index (χ0) is 11.8. The summed E-state index contributed by atoms with van der Waals surface area (Å²) in [6.07, 6.45) is 1.45. The number of hydrogen-bond donors (Lipinski definition) is 1. The highest BCUT2D eigenvalue weighted by Gasteiger charge is 2.33. The van der Waals surface area contributed by atoms with E-state index in [0.717, 1.165) is 13.1 Å². The minimum atomic E-state index is -3.40. The second kappa shape index (κ2) is 4.15. The van der Waals surface area contributed by atoms with Crippen molar-refractivity contribution in [3.63, 3.8) is 0 Å². The zero-order valence-corrected chi connectivity index (χ0v) is 10.2. The van der Waals surface area contributed by atoms with Crippen molar-refractivity contribution in [2.45, 2.75) is 18.0 Å². The van der Waals surface area contributed by atoms with Gasteiger partial charge in [0.15, 0.2) is 5.03 Å². The third-order valence-electron chi connectivity index (χ3n) is 2.83. The Morgan fingerprint density at radius 1 is 1.50 bits per heavy atom. The van der Waals surface area contributed by atoms with E-state index in [1.165, 1.54) is 16.6 Å². The Labute approximate surface area is 95.3 Å². The fraction of sp³-hybridized carbons (Fsp3) is 0.667. The van der Waals surface area contributed by atoms with Gasteiger partial charge in [0.1, 0.15) is 0 Å². The first-order chi connectivity index (χ1) is 7.51. The van der Waals surface area contributed by atoms with E-state index in [1.54, 1.807) is 0 Å². The first kappa shape index (κ1) is 11.6. The average Bonchev–Trinajstić information content (AvgIpc) is 2.69. The van der Waals surface area contributed by atoms with Crippen molar-refractivity contribution >= 4 is 10.0 Å². The molecule has 90 valence electrons.